The molecule has 3 heteroatoms. The first-order chi connectivity index (χ1) is 8.10. The third-order valence-electron chi connectivity index (χ3n) is 2.83. The van der Waals surface area contributed by atoms with Gasteiger partial charge in [0.2, 0.25) is 5.91 Å². The molecule has 2 N–H and O–H groups in total. The number of hydrogen-bond acceptors (Lipinski definition) is 2. The van der Waals surface area contributed by atoms with Gasteiger partial charge in [-0.25, -0.2) is 0 Å². The molecule has 1 rings (SSSR count). The van der Waals surface area contributed by atoms with Crippen molar-refractivity contribution >= 4 is 11.6 Å². The highest BCUT2D eigenvalue weighted by molar-refractivity contribution is 5.93. The molecule has 0 fully saturated rings. The quantitative estimate of drug-likeness (QED) is 0.851. The Labute approximate surface area is 104 Å². The summed E-state index contributed by atoms with van der Waals surface area (Å²) in [7, 11) is 0. The van der Waals surface area contributed by atoms with Gasteiger partial charge in [-0.05, 0) is 23.6 Å². The lowest BCUT2D eigenvalue weighted by atomic mass is 10.0. The molecule has 0 spiro atoms. The lowest BCUT2D eigenvalue weighted by Gasteiger charge is -2.22. The first-order valence-electron chi connectivity index (χ1n) is 6.20. The molecular formula is C14H22N2O. The van der Waals surface area contributed by atoms with Gasteiger partial charge >= 0.3 is 0 Å². The Balaban J connectivity index is 2.91. The molecule has 0 heterocycles. The van der Waals surface area contributed by atoms with Crippen LogP contribution >= 0.6 is 0 Å². The van der Waals surface area contributed by atoms with Gasteiger partial charge < -0.3 is 10.6 Å². The normalized spacial score (nSPS) is 10.6. The molecule has 0 aliphatic carbocycles. The number of anilines is 1. The number of carbonyl (C=O) groups excluding carboxylic acids is 1. The van der Waals surface area contributed by atoms with Crippen molar-refractivity contribution in [2.24, 2.45) is 5.73 Å². The Morgan fingerprint density at radius 2 is 1.88 bits per heavy atom. The first kappa shape index (κ1) is 13.7. The number of rotatable bonds is 5. The van der Waals surface area contributed by atoms with E-state index in [1.165, 1.54) is 5.56 Å². The van der Waals surface area contributed by atoms with Crippen molar-refractivity contribution in [3.8, 4) is 0 Å². The fourth-order valence-corrected chi connectivity index (χ4v) is 1.76. The van der Waals surface area contributed by atoms with Crippen LogP contribution in [-0.2, 0) is 4.79 Å². The van der Waals surface area contributed by atoms with E-state index in [9.17, 15) is 4.79 Å². The second kappa shape index (κ2) is 6.40. The van der Waals surface area contributed by atoms with E-state index in [2.05, 4.69) is 26.0 Å². The average Bonchev–Trinajstić information content (AvgIpc) is 2.35. The minimum Gasteiger partial charge on any atom is -0.329 e. The van der Waals surface area contributed by atoms with Gasteiger partial charge in [0.1, 0.15) is 0 Å². The summed E-state index contributed by atoms with van der Waals surface area (Å²) in [5.74, 6) is 0.627. The summed E-state index contributed by atoms with van der Waals surface area (Å²) < 4.78 is 0. The minimum absolute atomic E-state index is 0.118. The molecule has 17 heavy (non-hydrogen) atoms. The van der Waals surface area contributed by atoms with Gasteiger partial charge in [0.15, 0.2) is 0 Å². The lowest BCUT2D eigenvalue weighted by Crippen LogP contribution is -2.34. The van der Waals surface area contributed by atoms with E-state index < -0.39 is 0 Å². The Bertz CT molecular complexity index is 357. The van der Waals surface area contributed by atoms with Gasteiger partial charge in [-0.3, -0.25) is 4.79 Å². The summed E-state index contributed by atoms with van der Waals surface area (Å²) >= 11 is 0. The van der Waals surface area contributed by atoms with E-state index in [0.717, 1.165) is 5.69 Å². The SMILES string of the molecule is CCC(=O)N(CCN)c1ccc(C(C)C)cc1. The maximum Gasteiger partial charge on any atom is 0.226 e. The zero-order valence-electron chi connectivity index (χ0n) is 10.9. The molecule has 0 aliphatic heterocycles. The van der Waals surface area contributed by atoms with Crippen molar-refractivity contribution in [3.63, 3.8) is 0 Å². The highest BCUT2D eigenvalue weighted by Gasteiger charge is 2.12. The summed E-state index contributed by atoms with van der Waals surface area (Å²) in [6.45, 7) is 7.24. The molecule has 0 aromatic heterocycles. The van der Waals surface area contributed by atoms with Crippen LogP contribution in [0.15, 0.2) is 24.3 Å². The summed E-state index contributed by atoms with van der Waals surface area (Å²) in [6, 6.07) is 8.15. The number of amides is 1. The molecule has 0 atom stereocenters. The van der Waals surface area contributed by atoms with Gasteiger partial charge in [0.25, 0.3) is 0 Å². The predicted molar refractivity (Wildman–Crippen MR) is 72.2 cm³/mol. The smallest absolute Gasteiger partial charge is 0.226 e. The van der Waals surface area contributed by atoms with Gasteiger partial charge in [-0.15, -0.1) is 0 Å². The standard InChI is InChI=1S/C14H22N2O/c1-4-14(17)16(10-9-15)13-7-5-12(6-8-13)11(2)3/h5-8,11H,4,9-10,15H2,1-3H3. The van der Waals surface area contributed by atoms with Gasteiger partial charge in [0, 0.05) is 25.2 Å². The van der Waals surface area contributed by atoms with E-state index in [0.29, 0.717) is 25.4 Å². The number of carbonyl (C=O) groups is 1. The Morgan fingerprint density at radius 3 is 2.29 bits per heavy atom. The largest absolute Gasteiger partial charge is 0.329 e. The van der Waals surface area contributed by atoms with E-state index in [1.54, 1.807) is 4.90 Å². The van der Waals surface area contributed by atoms with Crippen LogP contribution in [0.1, 0.15) is 38.7 Å². The molecular weight excluding hydrogens is 212 g/mol. The summed E-state index contributed by atoms with van der Waals surface area (Å²) in [5.41, 5.74) is 7.76. The number of nitrogens with two attached hydrogens (primary N) is 1. The second-order valence-corrected chi connectivity index (χ2v) is 4.43. The molecule has 0 unspecified atom stereocenters. The van der Waals surface area contributed by atoms with E-state index in [1.807, 2.05) is 19.1 Å². The van der Waals surface area contributed by atoms with Crippen LogP contribution in [0, 0.1) is 0 Å². The van der Waals surface area contributed by atoms with Crippen LogP contribution in [0.2, 0.25) is 0 Å². The molecule has 3 nitrogen and oxygen atoms in total. The van der Waals surface area contributed by atoms with Gasteiger partial charge in [0.05, 0.1) is 0 Å². The monoisotopic (exact) mass is 234 g/mol. The van der Waals surface area contributed by atoms with Crippen molar-refractivity contribution < 1.29 is 4.79 Å². The Morgan fingerprint density at radius 1 is 1.29 bits per heavy atom. The molecule has 0 saturated heterocycles. The maximum atomic E-state index is 11.8. The highest BCUT2D eigenvalue weighted by Crippen LogP contribution is 2.20. The van der Waals surface area contributed by atoms with Crippen LogP contribution < -0.4 is 10.6 Å². The molecule has 0 radical (unpaired) electrons. The Hall–Kier alpha value is -1.35. The molecule has 0 bridgehead atoms. The van der Waals surface area contributed by atoms with Crippen molar-refractivity contribution in [2.45, 2.75) is 33.1 Å². The van der Waals surface area contributed by atoms with Crippen molar-refractivity contribution in [3.05, 3.63) is 29.8 Å². The predicted octanol–water partition coefficient (Wildman–Crippen LogP) is 2.51. The molecule has 94 valence electrons. The molecule has 1 aromatic rings. The average molecular weight is 234 g/mol. The topological polar surface area (TPSA) is 46.3 Å². The van der Waals surface area contributed by atoms with Crippen LogP contribution in [0.4, 0.5) is 5.69 Å². The molecule has 1 amide bonds. The molecule has 1 aromatic carbocycles. The van der Waals surface area contributed by atoms with Crippen molar-refractivity contribution in [1.29, 1.82) is 0 Å². The first-order valence-corrected chi connectivity index (χ1v) is 6.20. The van der Waals surface area contributed by atoms with Crippen molar-refractivity contribution in [2.75, 3.05) is 18.0 Å². The summed E-state index contributed by atoms with van der Waals surface area (Å²) in [4.78, 5) is 13.5. The van der Waals surface area contributed by atoms with E-state index >= 15 is 0 Å². The van der Waals surface area contributed by atoms with E-state index in [-0.39, 0.29) is 5.91 Å². The van der Waals surface area contributed by atoms with Crippen LogP contribution in [-0.4, -0.2) is 19.0 Å². The van der Waals surface area contributed by atoms with Gasteiger partial charge in [-0.2, -0.15) is 0 Å². The fraction of sp³-hybridized carbons (Fsp3) is 0.500. The fourth-order valence-electron chi connectivity index (χ4n) is 1.76. The molecule has 0 aliphatic rings. The van der Waals surface area contributed by atoms with Gasteiger partial charge in [-0.1, -0.05) is 32.9 Å². The zero-order chi connectivity index (χ0) is 12.8. The third-order valence-corrected chi connectivity index (χ3v) is 2.83. The second-order valence-electron chi connectivity index (χ2n) is 4.43. The van der Waals surface area contributed by atoms with Crippen molar-refractivity contribution in [1.82, 2.24) is 0 Å². The number of hydrogen-bond donors (Lipinski definition) is 1. The van der Waals surface area contributed by atoms with Crippen LogP contribution in [0.3, 0.4) is 0 Å². The van der Waals surface area contributed by atoms with E-state index in [4.69, 9.17) is 5.73 Å². The third kappa shape index (κ3) is 3.56. The zero-order valence-corrected chi connectivity index (χ0v) is 10.9. The minimum atomic E-state index is 0.118. The number of nitrogens with zero attached hydrogens (tertiary/aromatic N) is 1. The summed E-state index contributed by atoms with van der Waals surface area (Å²) in [5, 5.41) is 0. The number of benzene rings is 1. The summed E-state index contributed by atoms with van der Waals surface area (Å²) in [6.07, 6.45) is 0.506. The lowest BCUT2D eigenvalue weighted by molar-refractivity contribution is -0.118. The maximum absolute atomic E-state index is 11.8. The van der Waals surface area contributed by atoms with Crippen LogP contribution in [0.25, 0.3) is 0 Å². The van der Waals surface area contributed by atoms with Crippen LogP contribution in [0.5, 0.6) is 0 Å². The Kier molecular flexibility index (Phi) is 5.16. The highest BCUT2D eigenvalue weighted by atomic mass is 16.2. The molecule has 0 saturated carbocycles.